The molecule has 1 aromatic carbocycles. The van der Waals surface area contributed by atoms with Gasteiger partial charge in [-0.1, -0.05) is 6.07 Å². The van der Waals surface area contributed by atoms with Crippen LogP contribution in [-0.2, 0) is 0 Å². The predicted octanol–water partition coefficient (Wildman–Crippen LogP) is 1.51. The van der Waals surface area contributed by atoms with Crippen molar-refractivity contribution in [2.24, 2.45) is 0 Å². The Morgan fingerprint density at radius 1 is 1.32 bits per heavy atom. The highest BCUT2D eigenvalue weighted by Crippen LogP contribution is 2.25. The summed E-state index contributed by atoms with van der Waals surface area (Å²) in [6, 6.07) is 7.54. The molecule has 4 N–H and O–H groups in total. The van der Waals surface area contributed by atoms with Crippen molar-refractivity contribution in [2.75, 3.05) is 30.9 Å². The highest BCUT2D eigenvalue weighted by atomic mass is 16.5. The predicted molar refractivity (Wildman–Crippen MR) is 83.5 cm³/mol. The number of nitrogens with one attached hydrogen (secondary N) is 3. The van der Waals surface area contributed by atoms with Gasteiger partial charge in [0.05, 0.1) is 25.3 Å². The van der Waals surface area contributed by atoms with Crippen LogP contribution in [0.4, 0.5) is 17.5 Å². The number of anilines is 3. The number of nitrogens with zero attached hydrogens (tertiary/aromatic N) is 3. The van der Waals surface area contributed by atoms with Gasteiger partial charge in [0.2, 0.25) is 5.95 Å². The zero-order chi connectivity index (χ0) is 15.4. The van der Waals surface area contributed by atoms with E-state index in [4.69, 9.17) is 9.84 Å². The maximum atomic E-state index is 8.90. The maximum Gasteiger partial charge on any atom is 0.226 e. The number of rotatable bonds is 6. The number of benzene rings is 1. The average Bonchev–Trinajstić information content (AvgIpc) is 3.02. The van der Waals surface area contributed by atoms with Crippen molar-refractivity contribution in [1.29, 1.82) is 0 Å². The van der Waals surface area contributed by atoms with E-state index >= 15 is 0 Å². The summed E-state index contributed by atoms with van der Waals surface area (Å²) in [5.74, 6) is 1.78. The minimum absolute atomic E-state index is 0.00300. The summed E-state index contributed by atoms with van der Waals surface area (Å²) in [6.45, 7) is 0.376. The van der Waals surface area contributed by atoms with Gasteiger partial charge in [0.15, 0.2) is 5.65 Å². The number of aliphatic hydroxyl groups is 1. The number of ether oxygens (including phenoxy) is 1. The van der Waals surface area contributed by atoms with Crippen LogP contribution >= 0.6 is 0 Å². The summed E-state index contributed by atoms with van der Waals surface area (Å²) >= 11 is 0. The number of hydrogen-bond acceptors (Lipinski definition) is 7. The maximum absolute atomic E-state index is 8.90. The van der Waals surface area contributed by atoms with E-state index in [1.165, 1.54) is 0 Å². The Labute approximate surface area is 126 Å². The molecule has 2 heterocycles. The van der Waals surface area contributed by atoms with Crippen LogP contribution in [-0.4, -0.2) is 45.5 Å². The number of aromatic amines is 1. The molecule has 0 fully saturated rings. The number of aliphatic hydroxyl groups excluding tert-OH is 1. The lowest BCUT2D eigenvalue weighted by Crippen LogP contribution is -2.09. The van der Waals surface area contributed by atoms with Gasteiger partial charge < -0.3 is 20.5 Å². The van der Waals surface area contributed by atoms with Crippen molar-refractivity contribution in [3.05, 3.63) is 30.5 Å². The molecule has 2 aromatic heterocycles. The fourth-order valence-corrected chi connectivity index (χ4v) is 2.01. The standard InChI is InChI=1S/C14H16N6O2/c1-22-10-4-2-3-9(7-10)17-12-11-8-16-20-13(11)19-14(18-12)15-5-6-21/h2-4,7-8,21H,5-6H2,1H3,(H3,15,16,17,18,19,20). The third-order valence-electron chi connectivity index (χ3n) is 3.04. The van der Waals surface area contributed by atoms with Gasteiger partial charge >= 0.3 is 0 Å². The van der Waals surface area contributed by atoms with Crippen molar-refractivity contribution in [3.63, 3.8) is 0 Å². The molecule has 0 aliphatic rings. The first-order valence-corrected chi connectivity index (χ1v) is 6.77. The molecular formula is C14H16N6O2. The zero-order valence-electron chi connectivity index (χ0n) is 12.0. The minimum atomic E-state index is 0.00300. The summed E-state index contributed by atoms with van der Waals surface area (Å²) in [7, 11) is 1.62. The Hall–Kier alpha value is -2.87. The first-order valence-electron chi connectivity index (χ1n) is 6.77. The third kappa shape index (κ3) is 2.91. The number of hydrogen-bond donors (Lipinski definition) is 4. The molecule has 8 nitrogen and oxygen atoms in total. The van der Waals surface area contributed by atoms with Gasteiger partial charge in [-0.05, 0) is 12.1 Å². The first kappa shape index (κ1) is 14.1. The summed E-state index contributed by atoms with van der Waals surface area (Å²) in [4.78, 5) is 8.71. The van der Waals surface area contributed by atoms with Gasteiger partial charge in [0.25, 0.3) is 0 Å². The molecule has 22 heavy (non-hydrogen) atoms. The lowest BCUT2D eigenvalue weighted by Gasteiger charge is -2.10. The van der Waals surface area contributed by atoms with E-state index in [-0.39, 0.29) is 6.61 Å². The van der Waals surface area contributed by atoms with Crippen LogP contribution in [0.3, 0.4) is 0 Å². The highest BCUT2D eigenvalue weighted by molar-refractivity contribution is 5.89. The quantitative estimate of drug-likeness (QED) is 0.546. The van der Waals surface area contributed by atoms with Crippen LogP contribution in [0.25, 0.3) is 11.0 Å². The lowest BCUT2D eigenvalue weighted by atomic mass is 10.3. The van der Waals surface area contributed by atoms with Crippen LogP contribution in [0.1, 0.15) is 0 Å². The molecule has 0 spiro atoms. The summed E-state index contributed by atoms with van der Waals surface area (Å²) in [6.07, 6.45) is 1.66. The van der Waals surface area contributed by atoms with E-state index < -0.39 is 0 Å². The van der Waals surface area contributed by atoms with Crippen molar-refractivity contribution in [2.45, 2.75) is 0 Å². The zero-order valence-corrected chi connectivity index (χ0v) is 12.0. The molecule has 0 unspecified atom stereocenters. The topological polar surface area (TPSA) is 108 Å². The van der Waals surface area contributed by atoms with Crippen LogP contribution in [0, 0.1) is 0 Å². The fraction of sp³-hybridized carbons (Fsp3) is 0.214. The molecule has 0 aliphatic carbocycles. The van der Waals surface area contributed by atoms with E-state index in [0.29, 0.717) is 24.0 Å². The minimum Gasteiger partial charge on any atom is -0.497 e. The SMILES string of the molecule is COc1cccc(Nc2nc(NCCO)nc3[nH]ncc23)c1. The Morgan fingerprint density at radius 3 is 3.05 bits per heavy atom. The second-order valence-corrected chi connectivity index (χ2v) is 4.54. The van der Waals surface area contributed by atoms with Gasteiger partial charge in [-0.3, -0.25) is 5.10 Å². The second-order valence-electron chi connectivity index (χ2n) is 4.54. The second kappa shape index (κ2) is 6.27. The van der Waals surface area contributed by atoms with Gasteiger partial charge in [0, 0.05) is 18.3 Å². The Bertz CT molecular complexity index is 773. The molecule has 0 aliphatic heterocycles. The molecular weight excluding hydrogens is 284 g/mol. The summed E-state index contributed by atoms with van der Waals surface area (Å²) < 4.78 is 5.21. The van der Waals surface area contributed by atoms with Gasteiger partial charge in [-0.25, -0.2) is 0 Å². The molecule has 3 rings (SSSR count). The number of fused-ring (bicyclic) bond motifs is 1. The molecule has 0 amide bonds. The van der Waals surface area contributed by atoms with Crippen molar-refractivity contribution in [1.82, 2.24) is 20.2 Å². The average molecular weight is 300 g/mol. The van der Waals surface area contributed by atoms with Crippen LogP contribution in [0.2, 0.25) is 0 Å². The van der Waals surface area contributed by atoms with Crippen molar-refractivity contribution < 1.29 is 9.84 Å². The van der Waals surface area contributed by atoms with Crippen LogP contribution in [0.5, 0.6) is 5.75 Å². The summed E-state index contributed by atoms with van der Waals surface area (Å²) in [5.41, 5.74) is 1.45. The molecule has 3 aromatic rings. The third-order valence-corrected chi connectivity index (χ3v) is 3.04. The molecule has 0 saturated carbocycles. The largest absolute Gasteiger partial charge is 0.497 e. The molecule has 8 heteroatoms. The number of methoxy groups -OCH3 is 1. The highest BCUT2D eigenvalue weighted by Gasteiger charge is 2.10. The van der Waals surface area contributed by atoms with Crippen molar-refractivity contribution >= 4 is 28.5 Å². The van der Waals surface area contributed by atoms with E-state index in [9.17, 15) is 0 Å². The Morgan fingerprint density at radius 2 is 2.23 bits per heavy atom. The summed E-state index contributed by atoms with van der Waals surface area (Å²) in [5, 5.41) is 22.6. The van der Waals surface area contributed by atoms with E-state index in [1.807, 2.05) is 24.3 Å². The van der Waals surface area contributed by atoms with Crippen LogP contribution < -0.4 is 15.4 Å². The van der Waals surface area contributed by atoms with E-state index in [1.54, 1.807) is 13.3 Å². The number of aromatic nitrogens is 4. The molecule has 0 saturated heterocycles. The van der Waals surface area contributed by atoms with Gasteiger partial charge in [-0.2, -0.15) is 15.1 Å². The molecule has 0 atom stereocenters. The Balaban J connectivity index is 1.95. The molecule has 0 radical (unpaired) electrons. The van der Waals surface area contributed by atoms with Crippen LogP contribution in [0.15, 0.2) is 30.5 Å². The fourth-order valence-electron chi connectivity index (χ4n) is 2.01. The van der Waals surface area contributed by atoms with E-state index in [0.717, 1.165) is 16.8 Å². The van der Waals surface area contributed by atoms with E-state index in [2.05, 4.69) is 30.8 Å². The van der Waals surface area contributed by atoms with Crippen molar-refractivity contribution in [3.8, 4) is 5.75 Å². The smallest absolute Gasteiger partial charge is 0.226 e. The first-order chi connectivity index (χ1) is 10.8. The molecule has 114 valence electrons. The number of H-pyrrole nitrogens is 1. The monoisotopic (exact) mass is 300 g/mol. The van der Waals surface area contributed by atoms with Gasteiger partial charge in [0.1, 0.15) is 11.6 Å². The van der Waals surface area contributed by atoms with Gasteiger partial charge in [-0.15, -0.1) is 0 Å². The lowest BCUT2D eigenvalue weighted by molar-refractivity contribution is 0.311. The normalized spacial score (nSPS) is 10.6. The Kier molecular flexibility index (Phi) is 4.01. The molecule has 0 bridgehead atoms.